The maximum absolute atomic E-state index is 12.3. The number of phenols is 1. The van der Waals surface area contributed by atoms with Crippen LogP contribution in [0.2, 0.25) is 0 Å². The molecule has 0 heterocycles. The number of hydrogen-bond donors (Lipinski definition) is 3. The summed E-state index contributed by atoms with van der Waals surface area (Å²) in [6, 6.07) is 5.85. The molecule has 0 radical (unpaired) electrons. The van der Waals surface area contributed by atoms with Gasteiger partial charge in [-0.3, -0.25) is 9.59 Å². The molecule has 2 amide bonds. The summed E-state index contributed by atoms with van der Waals surface area (Å²) in [5.41, 5.74) is 6.79. The lowest BCUT2D eigenvalue weighted by atomic mass is 10.1. The van der Waals surface area contributed by atoms with Gasteiger partial charge in [0.15, 0.2) is 0 Å². The Balaban J connectivity index is 2.62. The molecular weight excluding hydrogens is 270 g/mol. The Morgan fingerprint density at radius 2 is 1.90 bits per heavy atom. The summed E-state index contributed by atoms with van der Waals surface area (Å²) in [7, 11) is 0. The van der Waals surface area contributed by atoms with Crippen molar-refractivity contribution >= 4 is 11.8 Å². The van der Waals surface area contributed by atoms with Crippen LogP contribution in [0.5, 0.6) is 5.75 Å². The van der Waals surface area contributed by atoms with Crippen LogP contribution in [-0.4, -0.2) is 47.5 Å². The molecule has 1 aromatic rings. The van der Waals surface area contributed by atoms with Gasteiger partial charge in [0.2, 0.25) is 11.8 Å². The van der Waals surface area contributed by atoms with Gasteiger partial charge in [0.25, 0.3) is 0 Å². The summed E-state index contributed by atoms with van der Waals surface area (Å²) >= 11 is 0. The van der Waals surface area contributed by atoms with E-state index in [-0.39, 0.29) is 24.1 Å². The van der Waals surface area contributed by atoms with Crippen LogP contribution in [0.3, 0.4) is 0 Å². The van der Waals surface area contributed by atoms with Crippen LogP contribution in [0.4, 0.5) is 0 Å². The van der Waals surface area contributed by atoms with Crippen molar-refractivity contribution in [3.63, 3.8) is 0 Å². The fourth-order valence-corrected chi connectivity index (χ4v) is 1.98. The first-order valence-corrected chi connectivity index (χ1v) is 7.06. The van der Waals surface area contributed by atoms with Gasteiger partial charge in [0.05, 0.1) is 12.6 Å². The highest BCUT2D eigenvalue weighted by molar-refractivity contribution is 5.87. The molecule has 6 nitrogen and oxygen atoms in total. The molecule has 0 spiro atoms. The molecule has 0 unspecified atom stereocenters. The zero-order valence-electron chi connectivity index (χ0n) is 12.5. The quantitative estimate of drug-likeness (QED) is 0.671. The van der Waals surface area contributed by atoms with E-state index in [0.29, 0.717) is 19.5 Å². The first-order valence-electron chi connectivity index (χ1n) is 7.06. The lowest BCUT2D eigenvalue weighted by Gasteiger charge is -2.23. The largest absolute Gasteiger partial charge is 0.508 e. The molecule has 0 saturated carbocycles. The second-order valence-corrected chi connectivity index (χ2v) is 4.78. The fourth-order valence-electron chi connectivity index (χ4n) is 1.98. The third-order valence-corrected chi connectivity index (χ3v) is 3.11. The van der Waals surface area contributed by atoms with Crippen molar-refractivity contribution in [2.45, 2.75) is 26.3 Å². The number of aromatic hydroxyl groups is 1. The highest BCUT2D eigenvalue weighted by Crippen LogP contribution is 2.11. The smallest absolute Gasteiger partial charge is 0.240 e. The van der Waals surface area contributed by atoms with Gasteiger partial charge in [-0.25, -0.2) is 0 Å². The fraction of sp³-hybridized carbons (Fsp3) is 0.467. The summed E-state index contributed by atoms with van der Waals surface area (Å²) in [4.78, 5) is 25.3. The van der Waals surface area contributed by atoms with E-state index in [2.05, 4.69) is 5.32 Å². The number of hydrogen-bond acceptors (Lipinski definition) is 4. The van der Waals surface area contributed by atoms with Crippen molar-refractivity contribution in [1.29, 1.82) is 0 Å². The molecule has 21 heavy (non-hydrogen) atoms. The number of nitrogens with two attached hydrogens (primary N) is 1. The van der Waals surface area contributed by atoms with Crippen LogP contribution in [0.1, 0.15) is 19.4 Å². The SMILES string of the molecule is CCNC(=O)CN(CC)C(=O)[C@H](N)Cc1ccc(O)cc1. The Labute approximate surface area is 124 Å². The molecular formula is C15H23N3O3. The number of nitrogens with one attached hydrogen (secondary N) is 1. The highest BCUT2D eigenvalue weighted by Gasteiger charge is 2.21. The summed E-state index contributed by atoms with van der Waals surface area (Å²) < 4.78 is 0. The van der Waals surface area contributed by atoms with Crippen LogP contribution in [-0.2, 0) is 16.0 Å². The Morgan fingerprint density at radius 1 is 1.29 bits per heavy atom. The van der Waals surface area contributed by atoms with Gasteiger partial charge in [-0.2, -0.15) is 0 Å². The maximum Gasteiger partial charge on any atom is 0.240 e. The molecule has 0 fully saturated rings. The van der Waals surface area contributed by atoms with Gasteiger partial charge >= 0.3 is 0 Å². The Hall–Kier alpha value is -2.08. The lowest BCUT2D eigenvalue weighted by molar-refractivity contribution is -0.136. The molecule has 4 N–H and O–H groups in total. The number of phenolic OH excluding ortho intramolecular Hbond substituents is 1. The van der Waals surface area contributed by atoms with E-state index in [9.17, 15) is 14.7 Å². The standard InChI is InChI=1S/C15H23N3O3/c1-3-17-14(20)10-18(4-2)15(21)13(16)9-11-5-7-12(19)8-6-11/h5-8,13,19H,3-4,9-10,16H2,1-2H3,(H,17,20)/t13-/m1/s1. The monoisotopic (exact) mass is 293 g/mol. The van der Waals surface area contributed by atoms with Crippen molar-refractivity contribution < 1.29 is 14.7 Å². The maximum atomic E-state index is 12.3. The van der Waals surface area contributed by atoms with Crippen molar-refractivity contribution in [1.82, 2.24) is 10.2 Å². The Bertz CT molecular complexity index is 474. The predicted octanol–water partition coefficient (Wildman–Crippen LogP) is 0.247. The molecule has 6 heteroatoms. The van der Waals surface area contributed by atoms with Gasteiger partial charge in [-0.1, -0.05) is 12.1 Å². The van der Waals surface area contributed by atoms with Gasteiger partial charge in [0.1, 0.15) is 5.75 Å². The van der Waals surface area contributed by atoms with Crippen molar-refractivity contribution in [3.05, 3.63) is 29.8 Å². The Kier molecular flexibility index (Phi) is 6.68. The average Bonchev–Trinajstić information content (AvgIpc) is 2.46. The number of carbonyl (C=O) groups is 2. The van der Waals surface area contributed by atoms with Gasteiger partial charge in [-0.05, 0) is 38.0 Å². The molecule has 0 aliphatic carbocycles. The third-order valence-electron chi connectivity index (χ3n) is 3.11. The van der Waals surface area contributed by atoms with Crippen LogP contribution in [0, 0.1) is 0 Å². The number of rotatable bonds is 7. The van der Waals surface area contributed by atoms with Crippen LogP contribution >= 0.6 is 0 Å². The second-order valence-electron chi connectivity index (χ2n) is 4.78. The Morgan fingerprint density at radius 3 is 2.43 bits per heavy atom. The third kappa shape index (κ3) is 5.43. The zero-order valence-corrected chi connectivity index (χ0v) is 12.5. The zero-order chi connectivity index (χ0) is 15.8. The summed E-state index contributed by atoms with van der Waals surface area (Å²) in [5, 5.41) is 11.9. The molecule has 116 valence electrons. The highest BCUT2D eigenvalue weighted by atomic mass is 16.3. The molecule has 0 saturated heterocycles. The van der Waals surface area contributed by atoms with Gasteiger partial charge in [-0.15, -0.1) is 0 Å². The number of nitrogens with zero attached hydrogens (tertiary/aromatic N) is 1. The number of benzene rings is 1. The van der Waals surface area contributed by atoms with E-state index in [1.54, 1.807) is 24.3 Å². The minimum atomic E-state index is -0.705. The summed E-state index contributed by atoms with van der Waals surface area (Å²) in [6.45, 7) is 4.62. The van der Waals surface area contributed by atoms with Crippen LogP contribution in [0.25, 0.3) is 0 Å². The molecule has 0 bridgehead atoms. The molecule has 1 aromatic carbocycles. The van der Waals surface area contributed by atoms with Crippen LogP contribution in [0.15, 0.2) is 24.3 Å². The molecule has 0 aromatic heterocycles. The van der Waals surface area contributed by atoms with E-state index in [1.807, 2.05) is 13.8 Å². The van der Waals surface area contributed by atoms with E-state index in [4.69, 9.17) is 5.73 Å². The first kappa shape index (κ1) is 17.0. The molecule has 1 rings (SSSR count). The second kappa shape index (κ2) is 8.26. The van der Waals surface area contributed by atoms with Crippen molar-refractivity contribution in [2.75, 3.05) is 19.6 Å². The molecule has 0 aliphatic heterocycles. The molecule has 0 aliphatic rings. The van der Waals surface area contributed by atoms with Crippen LogP contribution < -0.4 is 11.1 Å². The predicted molar refractivity (Wildman–Crippen MR) is 80.7 cm³/mol. The number of carbonyl (C=O) groups excluding carboxylic acids is 2. The van der Waals surface area contributed by atoms with Gasteiger partial charge in [0, 0.05) is 13.1 Å². The van der Waals surface area contributed by atoms with Crippen molar-refractivity contribution in [3.8, 4) is 5.75 Å². The minimum absolute atomic E-state index is 0.0203. The molecule has 1 atom stereocenters. The normalized spacial score (nSPS) is 11.8. The van der Waals surface area contributed by atoms with E-state index in [1.165, 1.54) is 4.90 Å². The lowest BCUT2D eigenvalue weighted by Crippen LogP contribution is -2.48. The summed E-state index contributed by atoms with van der Waals surface area (Å²) in [5.74, 6) is -0.272. The van der Waals surface area contributed by atoms with Crippen molar-refractivity contribution in [2.24, 2.45) is 5.73 Å². The van der Waals surface area contributed by atoms with E-state index in [0.717, 1.165) is 5.56 Å². The summed E-state index contributed by atoms with van der Waals surface area (Å²) in [6.07, 6.45) is 0.366. The first-order chi connectivity index (χ1) is 9.97. The van der Waals surface area contributed by atoms with Gasteiger partial charge < -0.3 is 21.1 Å². The number of likely N-dealkylation sites (N-methyl/N-ethyl adjacent to an activating group) is 2. The topological polar surface area (TPSA) is 95.7 Å². The van der Waals surface area contributed by atoms with E-state index < -0.39 is 6.04 Å². The van der Waals surface area contributed by atoms with E-state index >= 15 is 0 Å². The minimum Gasteiger partial charge on any atom is -0.508 e. The number of amides is 2. The average molecular weight is 293 g/mol.